The summed E-state index contributed by atoms with van der Waals surface area (Å²) in [5, 5.41) is 16.7. The SMILES string of the molecule is COc1cc(-n2cnnn2)c(Cl)cc1C(=O)N1CCC(C(=O)Nc2nc(C)cs2)CC1. The number of methoxy groups -OCH3 is 1. The maximum atomic E-state index is 13.1. The Bertz CT molecular complexity index is 1090. The molecule has 2 amide bonds. The minimum Gasteiger partial charge on any atom is -0.496 e. The molecule has 0 unspecified atom stereocenters. The van der Waals surface area contributed by atoms with E-state index in [1.54, 1.807) is 17.0 Å². The molecule has 0 radical (unpaired) electrons. The van der Waals surface area contributed by atoms with Gasteiger partial charge >= 0.3 is 0 Å². The number of anilines is 1. The van der Waals surface area contributed by atoms with Crippen molar-refractivity contribution in [3.05, 3.63) is 40.1 Å². The summed E-state index contributed by atoms with van der Waals surface area (Å²) in [6, 6.07) is 3.19. The molecule has 31 heavy (non-hydrogen) atoms. The van der Waals surface area contributed by atoms with E-state index in [1.807, 2.05) is 12.3 Å². The normalized spacial score (nSPS) is 14.5. The summed E-state index contributed by atoms with van der Waals surface area (Å²) in [5.41, 5.74) is 1.73. The first kappa shape index (κ1) is 21.2. The van der Waals surface area contributed by atoms with Crippen molar-refractivity contribution in [2.45, 2.75) is 19.8 Å². The molecule has 0 aliphatic carbocycles. The lowest BCUT2D eigenvalue weighted by molar-refractivity contribution is -0.121. The highest BCUT2D eigenvalue weighted by Gasteiger charge is 2.30. The van der Waals surface area contributed by atoms with Crippen molar-refractivity contribution in [2.24, 2.45) is 5.92 Å². The Morgan fingerprint density at radius 3 is 2.68 bits per heavy atom. The number of aryl methyl sites for hydroxylation is 1. The molecule has 162 valence electrons. The van der Waals surface area contributed by atoms with Crippen LogP contribution in [-0.2, 0) is 4.79 Å². The van der Waals surface area contributed by atoms with Crippen molar-refractivity contribution in [1.29, 1.82) is 0 Å². The topological polar surface area (TPSA) is 115 Å². The smallest absolute Gasteiger partial charge is 0.257 e. The van der Waals surface area contributed by atoms with E-state index in [0.717, 1.165) is 5.69 Å². The second-order valence-electron chi connectivity index (χ2n) is 7.11. The fourth-order valence-electron chi connectivity index (χ4n) is 3.46. The Morgan fingerprint density at radius 1 is 1.29 bits per heavy atom. The highest BCUT2D eigenvalue weighted by atomic mass is 35.5. The zero-order valence-corrected chi connectivity index (χ0v) is 18.5. The van der Waals surface area contributed by atoms with Gasteiger partial charge in [0.25, 0.3) is 5.91 Å². The van der Waals surface area contributed by atoms with Gasteiger partial charge in [-0.05, 0) is 36.3 Å². The zero-order valence-electron chi connectivity index (χ0n) is 16.9. The summed E-state index contributed by atoms with van der Waals surface area (Å²) in [7, 11) is 1.49. The number of halogens is 1. The van der Waals surface area contributed by atoms with Crippen molar-refractivity contribution in [1.82, 2.24) is 30.1 Å². The van der Waals surface area contributed by atoms with Gasteiger partial charge in [-0.2, -0.15) is 4.68 Å². The molecule has 3 heterocycles. The Kier molecular flexibility index (Phi) is 6.14. The minimum atomic E-state index is -0.198. The van der Waals surface area contributed by atoms with Crippen LogP contribution in [0.25, 0.3) is 5.69 Å². The van der Waals surface area contributed by atoms with Crippen LogP contribution < -0.4 is 10.1 Å². The van der Waals surface area contributed by atoms with E-state index in [-0.39, 0.29) is 17.7 Å². The minimum absolute atomic E-state index is 0.0622. The average molecular weight is 462 g/mol. The molecule has 4 rings (SSSR count). The lowest BCUT2D eigenvalue weighted by atomic mass is 9.95. The average Bonchev–Trinajstić information content (AvgIpc) is 3.45. The predicted molar refractivity (Wildman–Crippen MR) is 115 cm³/mol. The molecule has 1 fully saturated rings. The Balaban J connectivity index is 1.43. The summed E-state index contributed by atoms with van der Waals surface area (Å²) < 4.78 is 6.82. The molecular weight excluding hydrogens is 442 g/mol. The van der Waals surface area contributed by atoms with Crippen molar-refractivity contribution >= 4 is 39.9 Å². The third-order valence-electron chi connectivity index (χ3n) is 5.10. The van der Waals surface area contributed by atoms with Crippen LogP contribution >= 0.6 is 22.9 Å². The van der Waals surface area contributed by atoms with Gasteiger partial charge in [0.2, 0.25) is 5.91 Å². The molecule has 1 aromatic carbocycles. The van der Waals surface area contributed by atoms with Crippen LogP contribution in [0.15, 0.2) is 23.8 Å². The van der Waals surface area contributed by atoms with E-state index in [2.05, 4.69) is 25.8 Å². The number of tetrazole rings is 1. The largest absolute Gasteiger partial charge is 0.496 e. The zero-order chi connectivity index (χ0) is 22.0. The lowest BCUT2D eigenvalue weighted by Gasteiger charge is -2.31. The number of hydrogen-bond acceptors (Lipinski definition) is 8. The molecule has 3 aromatic rings. The fourth-order valence-corrected chi connectivity index (χ4v) is 4.40. The fraction of sp³-hybridized carbons (Fsp3) is 0.368. The molecule has 0 saturated carbocycles. The Hall–Kier alpha value is -3.05. The number of benzene rings is 1. The quantitative estimate of drug-likeness (QED) is 0.620. The third kappa shape index (κ3) is 4.52. The van der Waals surface area contributed by atoms with Crippen LogP contribution in [0.5, 0.6) is 5.75 Å². The number of carbonyl (C=O) groups is 2. The van der Waals surface area contributed by atoms with Gasteiger partial charge in [-0.3, -0.25) is 9.59 Å². The van der Waals surface area contributed by atoms with Crippen LogP contribution in [-0.4, -0.2) is 62.1 Å². The van der Waals surface area contributed by atoms with E-state index >= 15 is 0 Å². The molecule has 1 aliphatic heterocycles. The number of aromatic nitrogens is 5. The molecule has 12 heteroatoms. The lowest BCUT2D eigenvalue weighted by Crippen LogP contribution is -2.41. The molecule has 1 aliphatic rings. The summed E-state index contributed by atoms with van der Waals surface area (Å²) >= 11 is 7.78. The standard InChI is InChI=1S/C19H20ClN7O3S/c1-11-9-31-19(22-11)23-17(28)12-3-5-26(6-4-12)18(29)13-7-14(20)15(8-16(13)30-2)27-10-21-24-25-27/h7-10,12H,3-6H2,1-2H3,(H,22,23,28). The first-order valence-corrected chi connectivity index (χ1v) is 10.8. The number of piperidine rings is 1. The first-order chi connectivity index (χ1) is 15.0. The number of carbonyl (C=O) groups excluding carboxylic acids is 2. The highest BCUT2D eigenvalue weighted by molar-refractivity contribution is 7.13. The first-order valence-electron chi connectivity index (χ1n) is 9.59. The number of thiazole rings is 1. The maximum Gasteiger partial charge on any atom is 0.257 e. The molecular formula is C19H20ClN7O3S. The summed E-state index contributed by atoms with van der Waals surface area (Å²) in [5.74, 6) is -0.0517. The van der Waals surface area contributed by atoms with Crippen LogP contribution in [0.1, 0.15) is 28.9 Å². The van der Waals surface area contributed by atoms with Gasteiger partial charge in [0.1, 0.15) is 12.1 Å². The van der Waals surface area contributed by atoms with Gasteiger partial charge in [0.05, 0.1) is 29.1 Å². The van der Waals surface area contributed by atoms with Crippen molar-refractivity contribution in [3.8, 4) is 11.4 Å². The number of nitrogens with zero attached hydrogens (tertiary/aromatic N) is 6. The van der Waals surface area contributed by atoms with Gasteiger partial charge < -0.3 is 15.0 Å². The molecule has 1 N–H and O–H groups in total. The third-order valence-corrected chi connectivity index (χ3v) is 6.28. The molecule has 1 saturated heterocycles. The highest BCUT2D eigenvalue weighted by Crippen LogP contribution is 2.31. The van der Waals surface area contributed by atoms with Crippen LogP contribution in [0.4, 0.5) is 5.13 Å². The number of rotatable bonds is 5. The molecule has 0 spiro atoms. The number of hydrogen-bond donors (Lipinski definition) is 1. The summed E-state index contributed by atoms with van der Waals surface area (Å²) in [6.07, 6.45) is 2.55. The van der Waals surface area contributed by atoms with E-state index < -0.39 is 0 Å². The Morgan fingerprint density at radius 2 is 2.06 bits per heavy atom. The number of nitrogens with one attached hydrogen (secondary N) is 1. The predicted octanol–water partition coefficient (Wildman–Crippen LogP) is 2.58. The van der Waals surface area contributed by atoms with Gasteiger partial charge in [-0.1, -0.05) is 11.6 Å². The Labute approximate surface area is 187 Å². The second-order valence-corrected chi connectivity index (χ2v) is 8.37. The van der Waals surface area contributed by atoms with Crippen LogP contribution in [0.3, 0.4) is 0 Å². The van der Waals surface area contributed by atoms with Gasteiger partial charge in [0, 0.05) is 30.5 Å². The van der Waals surface area contributed by atoms with Crippen molar-refractivity contribution in [2.75, 3.05) is 25.5 Å². The van der Waals surface area contributed by atoms with Crippen LogP contribution in [0.2, 0.25) is 5.02 Å². The van der Waals surface area contributed by atoms with E-state index in [0.29, 0.717) is 53.1 Å². The summed E-state index contributed by atoms with van der Waals surface area (Å²) in [4.78, 5) is 31.6. The molecule has 10 nitrogen and oxygen atoms in total. The van der Waals surface area contributed by atoms with E-state index in [4.69, 9.17) is 16.3 Å². The molecule has 0 bridgehead atoms. The van der Waals surface area contributed by atoms with Crippen molar-refractivity contribution in [3.63, 3.8) is 0 Å². The number of likely N-dealkylation sites (tertiary alicyclic amines) is 1. The number of ether oxygens (including phenoxy) is 1. The van der Waals surface area contributed by atoms with Crippen molar-refractivity contribution < 1.29 is 14.3 Å². The van der Waals surface area contributed by atoms with Crippen LogP contribution in [0, 0.1) is 12.8 Å². The van der Waals surface area contributed by atoms with E-state index in [9.17, 15) is 9.59 Å². The monoisotopic (exact) mass is 461 g/mol. The maximum absolute atomic E-state index is 13.1. The van der Waals surface area contributed by atoms with Gasteiger partial charge in [0.15, 0.2) is 5.13 Å². The second kappa shape index (κ2) is 8.98. The van der Waals surface area contributed by atoms with E-state index in [1.165, 1.54) is 29.5 Å². The van der Waals surface area contributed by atoms with Gasteiger partial charge in [-0.25, -0.2) is 4.98 Å². The molecule has 0 atom stereocenters. The van der Waals surface area contributed by atoms with Gasteiger partial charge in [-0.15, -0.1) is 16.4 Å². The molecule has 2 aromatic heterocycles. The summed E-state index contributed by atoms with van der Waals surface area (Å²) in [6.45, 7) is 2.80. The number of amides is 2.